The van der Waals surface area contributed by atoms with Crippen LogP contribution in [0.2, 0.25) is 5.02 Å². The number of hydrogen-bond acceptors (Lipinski definition) is 4. The predicted octanol–water partition coefficient (Wildman–Crippen LogP) is 3.52. The molecule has 0 saturated carbocycles. The van der Waals surface area contributed by atoms with E-state index < -0.39 is 6.03 Å². The van der Waals surface area contributed by atoms with Crippen molar-refractivity contribution >= 4 is 23.3 Å². The van der Waals surface area contributed by atoms with Crippen molar-refractivity contribution < 1.29 is 19.0 Å². The van der Waals surface area contributed by atoms with Gasteiger partial charge < -0.3 is 24.8 Å². The van der Waals surface area contributed by atoms with E-state index in [1.807, 2.05) is 0 Å². The third-order valence-corrected chi connectivity index (χ3v) is 3.19. The number of anilines is 1. The zero-order chi connectivity index (χ0) is 16.7. The predicted molar refractivity (Wildman–Crippen MR) is 88.6 cm³/mol. The molecule has 2 aromatic carbocycles. The van der Waals surface area contributed by atoms with Gasteiger partial charge in [-0.2, -0.15) is 0 Å². The summed E-state index contributed by atoms with van der Waals surface area (Å²) >= 11 is 5.78. The number of rotatable bonds is 6. The molecule has 2 rings (SSSR count). The fourth-order valence-corrected chi connectivity index (χ4v) is 1.91. The van der Waals surface area contributed by atoms with E-state index >= 15 is 0 Å². The molecule has 2 N–H and O–H groups in total. The molecule has 2 amide bonds. The average Bonchev–Trinajstić information content (AvgIpc) is 2.57. The summed E-state index contributed by atoms with van der Waals surface area (Å²) in [5.74, 6) is 1.74. The molecule has 0 unspecified atom stereocenters. The number of amides is 2. The quantitative estimate of drug-likeness (QED) is 0.792. The van der Waals surface area contributed by atoms with Gasteiger partial charge in [0.25, 0.3) is 0 Å². The lowest BCUT2D eigenvalue weighted by Crippen LogP contribution is -2.32. The highest BCUT2D eigenvalue weighted by atomic mass is 35.5. The minimum Gasteiger partial charge on any atom is -0.497 e. The number of benzene rings is 2. The second kappa shape index (κ2) is 8.14. The molecule has 0 atom stereocenters. The number of ether oxygens (including phenoxy) is 3. The average molecular weight is 337 g/mol. The smallest absolute Gasteiger partial charge is 0.321 e. The first-order valence-corrected chi connectivity index (χ1v) is 7.15. The van der Waals surface area contributed by atoms with Crippen LogP contribution in [0.15, 0.2) is 42.5 Å². The maximum absolute atomic E-state index is 11.9. The Morgan fingerprint density at radius 2 is 1.74 bits per heavy atom. The summed E-state index contributed by atoms with van der Waals surface area (Å²) in [6.45, 7) is 0.0198. The normalized spacial score (nSPS) is 9.87. The molecule has 0 aliphatic heterocycles. The van der Waals surface area contributed by atoms with Gasteiger partial charge in [-0.15, -0.1) is 0 Å². The van der Waals surface area contributed by atoms with Gasteiger partial charge >= 0.3 is 6.03 Å². The Bertz CT molecular complexity index is 662. The van der Waals surface area contributed by atoms with E-state index in [0.717, 1.165) is 0 Å². The molecule has 0 saturated heterocycles. The van der Waals surface area contributed by atoms with Crippen molar-refractivity contribution in [1.29, 1.82) is 0 Å². The lowest BCUT2D eigenvalue weighted by atomic mass is 10.2. The van der Waals surface area contributed by atoms with Crippen molar-refractivity contribution in [1.82, 2.24) is 5.32 Å². The lowest BCUT2D eigenvalue weighted by molar-refractivity contribution is 0.234. The van der Waals surface area contributed by atoms with Crippen molar-refractivity contribution in [2.75, 3.05) is 26.3 Å². The van der Waals surface area contributed by atoms with Crippen LogP contribution >= 0.6 is 11.6 Å². The van der Waals surface area contributed by atoms with Crippen LogP contribution in [0.5, 0.6) is 17.2 Å². The summed E-state index contributed by atoms with van der Waals surface area (Å²) in [5.41, 5.74) is 0.525. The van der Waals surface area contributed by atoms with E-state index in [-0.39, 0.29) is 6.73 Å². The molecule has 0 fully saturated rings. The molecule has 0 spiro atoms. The third kappa shape index (κ3) is 4.96. The molecule has 0 heterocycles. The fraction of sp³-hybridized carbons (Fsp3) is 0.188. The summed E-state index contributed by atoms with van der Waals surface area (Å²) in [6, 6.07) is 11.5. The molecule has 6 nitrogen and oxygen atoms in total. The van der Waals surface area contributed by atoms with Crippen LogP contribution in [0.25, 0.3) is 0 Å². The Morgan fingerprint density at radius 1 is 1.04 bits per heavy atom. The third-order valence-electron chi connectivity index (χ3n) is 2.94. The van der Waals surface area contributed by atoms with Crippen LogP contribution in [0.1, 0.15) is 0 Å². The zero-order valence-electron chi connectivity index (χ0n) is 12.8. The number of nitrogens with one attached hydrogen (secondary N) is 2. The highest BCUT2D eigenvalue weighted by Crippen LogP contribution is 2.28. The molecule has 0 aliphatic carbocycles. The van der Waals surface area contributed by atoms with Crippen LogP contribution in [0, 0.1) is 0 Å². The fourth-order valence-electron chi connectivity index (χ4n) is 1.78. The van der Waals surface area contributed by atoms with Crippen LogP contribution in [0.4, 0.5) is 10.5 Å². The standard InChI is InChI=1S/C16H17ClN2O4/c1-21-13-7-8-14(15(9-13)22-2)19-16(20)18-10-23-12-5-3-11(17)4-6-12/h3-9H,10H2,1-2H3,(H2,18,19,20). The van der Waals surface area contributed by atoms with Gasteiger partial charge in [-0.1, -0.05) is 11.6 Å². The molecule has 0 bridgehead atoms. The second-order valence-corrected chi connectivity index (χ2v) is 4.88. The van der Waals surface area contributed by atoms with Gasteiger partial charge in [0.1, 0.15) is 17.2 Å². The molecule has 0 radical (unpaired) electrons. The first-order chi connectivity index (χ1) is 11.1. The molecule has 122 valence electrons. The SMILES string of the molecule is COc1ccc(NC(=O)NCOc2ccc(Cl)cc2)c(OC)c1. The minimum absolute atomic E-state index is 0.0198. The summed E-state index contributed by atoms with van der Waals surface area (Å²) in [7, 11) is 3.07. The van der Waals surface area contributed by atoms with Gasteiger partial charge in [0.15, 0.2) is 6.73 Å². The van der Waals surface area contributed by atoms with E-state index in [0.29, 0.717) is 28.0 Å². The number of halogens is 1. The Hall–Kier alpha value is -2.60. The maximum Gasteiger partial charge on any atom is 0.321 e. The second-order valence-electron chi connectivity index (χ2n) is 4.44. The summed E-state index contributed by atoms with van der Waals surface area (Å²) in [4.78, 5) is 11.9. The van der Waals surface area contributed by atoms with Crippen molar-refractivity contribution in [3.8, 4) is 17.2 Å². The van der Waals surface area contributed by atoms with Crippen LogP contribution in [-0.2, 0) is 0 Å². The van der Waals surface area contributed by atoms with E-state index in [1.165, 1.54) is 7.11 Å². The van der Waals surface area contributed by atoms with Gasteiger partial charge in [-0.25, -0.2) is 4.79 Å². The Kier molecular flexibility index (Phi) is 5.94. The van der Waals surface area contributed by atoms with Gasteiger partial charge in [-0.05, 0) is 36.4 Å². The Morgan fingerprint density at radius 3 is 2.39 bits per heavy atom. The molecular weight excluding hydrogens is 320 g/mol. The maximum atomic E-state index is 11.9. The first kappa shape index (κ1) is 16.8. The van der Waals surface area contributed by atoms with Crippen molar-refractivity contribution in [3.05, 3.63) is 47.5 Å². The molecule has 23 heavy (non-hydrogen) atoms. The minimum atomic E-state index is -0.414. The lowest BCUT2D eigenvalue weighted by Gasteiger charge is -2.13. The number of carbonyl (C=O) groups is 1. The molecule has 7 heteroatoms. The summed E-state index contributed by atoms with van der Waals surface area (Å²) in [5, 5.41) is 5.88. The van der Waals surface area contributed by atoms with E-state index in [4.69, 9.17) is 25.8 Å². The van der Waals surface area contributed by atoms with Gasteiger partial charge in [0.05, 0.1) is 19.9 Å². The highest BCUT2D eigenvalue weighted by Gasteiger charge is 2.08. The first-order valence-electron chi connectivity index (χ1n) is 6.77. The van der Waals surface area contributed by atoms with Crippen molar-refractivity contribution in [2.45, 2.75) is 0 Å². The van der Waals surface area contributed by atoms with E-state index in [9.17, 15) is 4.79 Å². The van der Waals surface area contributed by atoms with Gasteiger partial charge in [-0.3, -0.25) is 0 Å². The molecular formula is C16H17ClN2O4. The van der Waals surface area contributed by atoms with Crippen molar-refractivity contribution in [2.24, 2.45) is 0 Å². The molecule has 0 aromatic heterocycles. The highest BCUT2D eigenvalue weighted by molar-refractivity contribution is 6.30. The molecule has 0 aliphatic rings. The number of methoxy groups -OCH3 is 2. The van der Waals surface area contributed by atoms with Crippen LogP contribution in [-0.4, -0.2) is 27.0 Å². The monoisotopic (exact) mass is 336 g/mol. The number of hydrogen-bond donors (Lipinski definition) is 2. The van der Waals surface area contributed by atoms with Gasteiger partial charge in [0.2, 0.25) is 0 Å². The topological polar surface area (TPSA) is 68.8 Å². The van der Waals surface area contributed by atoms with Crippen molar-refractivity contribution in [3.63, 3.8) is 0 Å². The number of carbonyl (C=O) groups excluding carboxylic acids is 1. The zero-order valence-corrected chi connectivity index (χ0v) is 13.5. The Balaban J connectivity index is 1.86. The Labute approximate surface area is 139 Å². The largest absolute Gasteiger partial charge is 0.497 e. The van der Waals surface area contributed by atoms with E-state index in [1.54, 1.807) is 49.6 Å². The van der Waals surface area contributed by atoms with Crippen LogP contribution < -0.4 is 24.8 Å². The molecule has 2 aromatic rings. The summed E-state index contributed by atoms with van der Waals surface area (Å²) < 4.78 is 15.7. The van der Waals surface area contributed by atoms with Crippen LogP contribution in [0.3, 0.4) is 0 Å². The van der Waals surface area contributed by atoms with E-state index in [2.05, 4.69) is 10.6 Å². The van der Waals surface area contributed by atoms with Gasteiger partial charge in [0, 0.05) is 11.1 Å². The summed E-state index contributed by atoms with van der Waals surface area (Å²) in [6.07, 6.45) is 0. The number of urea groups is 1.